The second-order valence-electron chi connectivity index (χ2n) is 8.19. The minimum atomic E-state index is -4.50. The molecule has 1 amide bonds. The van der Waals surface area contributed by atoms with Crippen LogP contribution in [0.4, 0.5) is 18.9 Å². The molecule has 0 aliphatic heterocycles. The number of rotatable bonds is 13. The lowest BCUT2D eigenvalue weighted by molar-refractivity contribution is -0.137. The predicted octanol–water partition coefficient (Wildman–Crippen LogP) is 5.49. The Bertz CT molecular complexity index is 1450. The number of fused-ring (bicyclic) bond motifs is 1. The standard InChI is InChI=1S/C26H25F3N4O5S2/c1-35-6-8-37-21-12-19-20(13-22(21)38-9-7-36-2)30-15-31-24(19)40-25-33-18(14-39-25)11-23(34)32-17-5-3-4-16(10-17)26(27,28)29/h3-5,10,12-15H,6-9,11H2,1-2H3,(H,32,34). The molecule has 4 aromatic rings. The molecule has 0 aliphatic rings. The van der Waals surface area contributed by atoms with Gasteiger partial charge >= 0.3 is 6.18 Å². The van der Waals surface area contributed by atoms with Crippen LogP contribution in [0.25, 0.3) is 10.9 Å². The van der Waals surface area contributed by atoms with Crippen LogP contribution in [0, 0.1) is 0 Å². The maximum atomic E-state index is 13.0. The fourth-order valence-electron chi connectivity index (χ4n) is 3.46. The first kappa shape index (κ1) is 29.5. The van der Waals surface area contributed by atoms with Crippen LogP contribution in [-0.4, -0.2) is 61.5 Å². The maximum absolute atomic E-state index is 13.0. The van der Waals surface area contributed by atoms with Gasteiger partial charge in [-0.15, -0.1) is 11.3 Å². The van der Waals surface area contributed by atoms with Gasteiger partial charge in [-0.3, -0.25) is 4.79 Å². The fraction of sp³-hybridized carbons (Fsp3) is 0.308. The number of carbonyl (C=O) groups is 1. The highest BCUT2D eigenvalue weighted by atomic mass is 32.2. The molecular formula is C26H25F3N4O5S2. The molecule has 2 aromatic carbocycles. The Labute approximate surface area is 236 Å². The van der Waals surface area contributed by atoms with E-state index in [9.17, 15) is 18.0 Å². The highest BCUT2D eigenvalue weighted by molar-refractivity contribution is 8.01. The predicted molar refractivity (Wildman–Crippen MR) is 144 cm³/mol. The normalized spacial score (nSPS) is 11.5. The topological polar surface area (TPSA) is 105 Å². The molecule has 0 unspecified atom stereocenters. The van der Waals surface area contributed by atoms with Gasteiger partial charge in [-0.1, -0.05) is 6.07 Å². The van der Waals surface area contributed by atoms with E-state index >= 15 is 0 Å². The van der Waals surface area contributed by atoms with Crippen LogP contribution < -0.4 is 14.8 Å². The van der Waals surface area contributed by atoms with Crippen molar-refractivity contribution in [3.63, 3.8) is 0 Å². The van der Waals surface area contributed by atoms with Crippen molar-refractivity contribution in [2.24, 2.45) is 0 Å². The van der Waals surface area contributed by atoms with E-state index in [1.807, 2.05) is 0 Å². The van der Waals surface area contributed by atoms with Gasteiger partial charge in [-0.25, -0.2) is 15.0 Å². The summed E-state index contributed by atoms with van der Waals surface area (Å²) >= 11 is 2.62. The van der Waals surface area contributed by atoms with E-state index in [1.165, 1.54) is 41.6 Å². The van der Waals surface area contributed by atoms with E-state index in [0.717, 1.165) is 17.5 Å². The number of benzene rings is 2. The SMILES string of the molecule is COCCOc1cc2ncnc(Sc3nc(CC(=O)Nc4cccc(C(F)(F)F)c4)cs3)c2cc1OCCOC. The van der Waals surface area contributed by atoms with Crippen LogP contribution in [0.1, 0.15) is 11.3 Å². The average molecular weight is 595 g/mol. The number of thiazole rings is 1. The molecule has 0 spiro atoms. The molecule has 0 saturated heterocycles. The van der Waals surface area contributed by atoms with Crippen LogP contribution in [-0.2, 0) is 26.9 Å². The van der Waals surface area contributed by atoms with Gasteiger partial charge in [-0.2, -0.15) is 13.2 Å². The summed E-state index contributed by atoms with van der Waals surface area (Å²) in [6.07, 6.45) is -3.16. The molecule has 14 heteroatoms. The second kappa shape index (κ2) is 13.7. The van der Waals surface area contributed by atoms with Crippen molar-refractivity contribution < 1.29 is 36.9 Å². The number of hydrogen-bond donors (Lipinski definition) is 1. The van der Waals surface area contributed by atoms with Crippen LogP contribution in [0.5, 0.6) is 11.5 Å². The first-order valence-electron chi connectivity index (χ1n) is 11.9. The summed E-state index contributed by atoms with van der Waals surface area (Å²) in [4.78, 5) is 25.7. The molecule has 40 heavy (non-hydrogen) atoms. The van der Waals surface area contributed by atoms with Gasteiger partial charge < -0.3 is 24.3 Å². The van der Waals surface area contributed by atoms with Gasteiger partial charge in [0.15, 0.2) is 15.8 Å². The minimum Gasteiger partial charge on any atom is -0.487 e. The summed E-state index contributed by atoms with van der Waals surface area (Å²) in [5, 5.41) is 5.56. The zero-order valence-corrected chi connectivity index (χ0v) is 23.1. The summed E-state index contributed by atoms with van der Waals surface area (Å²) < 4.78 is 61.3. The first-order valence-corrected chi connectivity index (χ1v) is 13.6. The van der Waals surface area contributed by atoms with Crippen LogP contribution in [0.2, 0.25) is 0 Å². The van der Waals surface area contributed by atoms with Crippen molar-refractivity contribution in [3.05, 3.63) is 59.4 Å². The molecule has 0 aliphatic carbocycles. The van der Waals surface area contributed by atoms with Crippen molar-refractivity contribution in [2.75, 3.05) is 46.0 Å². The summed E-state index contributed by atoms with van der Waals surface area (Å²) in [5.41, 5.74) is 0.343. The Morgan fingerprint density at radius 2 is 1.73 bits per heavy atom. The van der Waals surface area contributed by atoms with Crippen molar-refractivity contribution in [2.45, 2.75) is 22.0 Å². The fourth-order valence-corrected chi connectivity index (χ4v) is 5.28. The number of nitrogens with one attached hydrogen (secondary N) is 1. The number of amides is 1. The second-order valence-corrected chi connectivity index (χ2v) is 10.3. The third-order valence-corrected chi connectivity index (χ3v) is 7.29. The van der Waals surface area contributed by atoms with Crippen molar-refractivity contribution in [1.29, 1.82) is 0 Å². The zero-order valence-electron chi connectivity index (χ0n) is 21.5. The smallest absolute Gasteiger partial charge is 0.416 e. The van der Waals surface area contributed by atoms with Gasteiger partial charge in [0.25, 0.3) is 0 Å². The molecule has 0 bridgehead atoms. The number of carbonyl (C=O) groups excluding carboxylic acids is 1. The summed E-state index contributed by atoms with van der Waals surface area (Å²) in [6.45, 7) is 1.45. The molecule has 2 aromatic heterocycles. The maximum Gasteiger partial charge on any atom is 0.416 e. The van der Waals surface area contributed by atoms with Crippen molar-refractivity contribution in [3.8, 4) is 11.5 Å². The lowest BCUT2D eigenvalue weighted by Crippen LogP contribution is -2.15. The molecule has 4 rings (SSSR count). The van der Waals surface area contributed by atoms with E-state index < -0.39 is 17.6 Å². The largest absolute Gasteiger partial charge is 0.487 e. The van der Waals surface area contributed by atoms with Crippen LogP contribution in [0.3, 0.4) is 0 Å². The summed E-state index contributed by atoms with van der Waals surface area (Å²) in [6, 6.07) is 8.04. The monoisotopic (exact) mass is 594 g/mol. The van der Waals surface area contributed by atoms with Crippen LogP contribution >= 0.6 is 23.1 Å². The highest BCUT2D eigenvalue weighted by Gasteiger charge is 2.30. The van der Waals surface area contributed by atoms with Crippen molar-refractivity contribution in [1.82, 2.24) is 15.0 Å². The number of aromatic nitrogens is 3. The molecule has 0 radical (unpaired) electrons. The number of nitrogens with zero attached hydrogens (tertiary/aromatic N) is 3. The molecule has 2 heterocycles. The number of halogens is 3. The molecule has 0 saturated carbocycles. The first-order chi connectivity index (χ1) is 19.3. The quantitative estimate of drug-likeness (QED) is 0.159. The Morgan fingerprint density at radius 1 is 1.00 bits per heavy atom. The van der Waals surface area contributed by atoms with Gasteiger partial charge in [0.2, 0.25) is 5.91 Å². The minimum absolute atomic E-state index is 0.0613. The van der Waals surface area contributed by atoms with E-state index in [-0.39, 0.29) is 12.1 Å². The lowest BCUT2D eigenvalue weighted by atomic mass is 10.2. The summed E-state index contributed by atoms with van der Waals surface area (Å²) in [5.74, 6) is 0.537. The average Bonchev–Trinajstić information content (AvgIpc) is 3.35. The van der Waals surface area contributed by atoms with Crippen molar-refractivity contribution >= 4 is 45.6 Å². The third-order valence-electron chi connectivity index (χ3n) is 5.28. The van der Waals surface area contributed by atoms with Crippen LogP contribution in [0.15, 0.2) is 57.5 Å². The lowest BCUT2D eigenvalue weighted by Gasteiger charge is -2.14. The highest BCUT2D eigenvalue weighted by Crippen LogP contribution is 2.38. The Balaban J connectivity index is 1.48. The number of hydrogen-bond acceptors (Lipinski definition) is 10. The van der Waals surface area contributed by atoms with E-state index in [0.29, 0.717) is 58.5 Å². The third kappa shape index (κ3) is 8.03. The number of anilines is 1. The molecule has 0 fully saturated rings. The molecular weight excluding hydrogens is 569 g/mol. The Kier molecular flexibility index (Phi) is 10.1. The zero-order chi connectivity index (χ0) is 28.5. The Hall–Kier alpha value is -3.46. The molecule has 9 nitrogen and oxygen atoms in total. The van der Waals surface area contributed by atoms with Gasteiger partial charge in [-0.05, 0) is 36.0 Å². The number of methoxy groups -OCH3 is 2. The van der Waals surface area contributed by atoms with Gasteiger partial charge in [0, 0.05) is 36.7 Å². The van der Waals surface area contributed by atoms with Gasteiger partial charge in [0.05, 0.1) is 36.4 Å². The number of alkyl halides is 3. The number of ether oxygens (including phenoxy) is 4. The Morgan fingerprint density at radius 3 is 2.42 bits per heavy atom. The van der Waals surface area contributed by atoms with E-state index in [4.69, 9.17) is 18.9 Å². The van der Waals surface area contributed by atoms with E-state index in [2.05, 4.69) is 20.3 Å². The molecule has 212 valence electrons. The summed E-state index contributed by atoms with van der Waals surface area (Å²) in [7, 11) is 3.17. The molecule has 0 atom stereocenters. The van der Waals surface area contributed by atoms with Gasteiger partial charge in [0.1, 0.15) is 24.6 Å². The molecule has 1 N–H and O–H groups in total. The van der Waals surface area contributed by atoms with E-state index in [1.54, 1.807) is 31.7 Å².